The average Bonchev–Trinajstić information content (AvgIpc) is 2.64. The van der Waals surface area contributed by atoms with Crippen molar-refractivity contribution >= 4 is 11.8 Å². The highest BCUT2D eigenvalue weighted by Crippen LogP contribution is 2.21. The number of nitrogens with one attached hydrogen (secondary N) is 1. The zero-order valence-corrected chi connectivity index (χ0v) is 15.3. The van der Waals surface area contributed by atoms with Gasteiger partial charge in [0.25, 0.3) is 0 Å². The number of hydrogen-bond donors (Lipinski definition) is 1. The van der Waals surface area contributed by atoms with Gasteiger partial charge in [-0.25, -0.2) is 4.39 Å². The molecule has 0 atom stereocenters. The summed E-state index contributed by atoms with van der Waals surface area (Å²) in [5.74, 6) is 0.152. The van der Waals surface area contributed by atoms with E-state index in [4.69, 9.17) is 0 Å². The van der Waals surface area contributed by atoms with Gasteiger partial charge in [-0.1, -0.05) is 26.0 Å². The molecule has 138 valence electrons. The molecule has 0 spiro atoms. The smallest absolute Gasteiger partial charge is 0.225 e. The quantitative estimate of drug-likeness (QED) is 0.823. The van der Waals surface area contributed by atoms with Crippen LogP contribution < -0.4 is 5.32 Å². The molecule has 1 aromatic carbocycles. The summed E-state index contributed by atoms with van der Waals surface area (Å²) in [4.78, 5) is 26.6. The molecule has 0 radical (unpaired) electrons. The van der Waals surface area contributed by atoms with Gasteiger partial charge in [0.05, 0.1) is 0 Å². The largest absolute Gasteiger partial charge is 0.356 e. The van der Waals surface area contributed by atoms with Crippen molar-refractivity contribution in [3.63, 3.8) is 0 Å². The second-order valence-electron chi connectivity index (χ2n) is 6.78. The van der Waals surface area contributed by atoms with Crippen molar-refractivity contribution in [2.75, 3.05) is 19.6 Å². The number of benzene rings is 1. The Hall–Kier alpha value is -1.91. The number of rotatable bonds is 7. The molecule has 0 unspecified atom stereocenters. The van der Waals surface area contributed by atoms with Crippen LogP contribution in [0.1, 0.15) is 45.1 Å². The highest BCUT2D eigenvalue weighted by molar-refractivity contribution is 5.81. The van der Waals surface area contributed by atoms with Crippen LogP contribution in [-0.4, -0.2) is 36.3 Å². The lowest BCUT2D eigenvalue weighted by Gasteiger charge is -2.33. The van der Waals surface area contributed by atoms with Crippen LogP contribution >= 0.6 is 0 Å². The van der Waals surface area contributed by atoms with Gasteiger partial charge in [0.1, 0.15) is 5.82 Å². The lowest BCUT2D eigenvalue weighted by atomic mass is 9.93. The van der Waals surface area contributed by atoms with Crippen LogP contribution in [0.4, 0.5) is 4.39 Å². The fourth-order valence-corrected chi connectivity index (χ4v) is 3.38. The van der Waals surface area contributed by atoms with E-state index in [1.54, 1.807) is 12.1 Å². The Labute approximate surface area is 149 Å². The number of amides is 2. The summed E-state index contributed by atoms with van der Waals surface area (Å²) in [5, 5.41) is 2.97. The van der Waals surface area contributed by atoms with Crippen LogP contribution in [0.2, 0.25) is 0 Å². The first-order valence-electron chi connectivity index (χ1n) is 9.36. The summed E-state index contributed by atoms with van der Waals surface area (Å²) in [6, 6.07) is 6.35. The lowest BCUT2D eigenvalue weighted by Crippen LogP contribution is -2.45. The number of nitrogens with zero attached hydrogens (tertiary/aromatic N) is 1. The number of piperidine rings is 1. The van der Waals surface area contributed by atoms with Gasteiger partial charge in [-0.15, -0.1) is 0 Å². The Kier molecular flexibility index (Phi) is 7.41. The van der Waals surface area contributed by atoms with E-state index in [9.17, 15) is 14.0 Å². The van der Waals surface area contributed by atoms with Crippen molar-refractivity contribution in [1.29, 1.82) is 0 Å². The van der Waals surface area contributed by atoms with Gasteiger partial charge in [0.2, 0.25) is 11.8 Å². The van der Waals surface area contributed by atoms with E-state index in [1.807, 2.05) is 18.7 Å². The summed E-state index contributed by atoms with van der Waals surface area (Å²) in [5.41, 5.74) is 1.01. The van der Waals surface area contributed by atoms with E-state index in [-0.39, 0.29) is 29.5 Å². The SMILES string of the molecule is CCC(CC)C(=O)N1CCC(C(=O)NCCc2ccc(F)cc2)CC1. The van der Waals surface area contributed by atoms with Gasteiger partial charge < -0.3 is 10.2 Å². The third-order valence-electron chi connectivity index (χ3n) is 5.14. The zero-order chi connectivity index (χ0) is 18.2. The number of halogens is 1. The third kappa shape index (κ3) is 5.55. The number of hydrogen-bond acceptors (Lipinski definition) is 2. The Balaban J connectivity index is 1.72. The number of carbonyl (C=O) groups excluding carboxylic acids is 2. The third-order valence-corrected chi connectivity index (χ3v) is 5.14. The molecule has 0 aromatic heterocycles. The Morgan fingerprint density at radius 2 is 1.76 bits per heavy atom. The standard InChI is InChI=1S/C20H29FN2O2/c1-3-16(4-2)20(25)23-13-10-17(11-14-23)19(24)22-12-9-15-5-7-18(21)8-6-15/h5-8,16-17H,3-4,9-14H2,1-2H3,(H,22,24). The molecular weight excluding hydrogens is 319 g/mol. The van der Waals surface area contributed by atoms with Gasteiger partial charge in [-0.2, -0.15) is 0 Å². The van der Waals surface area contributed by atoms with Crippen LogP contribution in [0, 0.1) is 17.7 Å². The van der Waals surface area contributed by atoms with Crippen molar-refractivity contribution < 1.29 is 14.0 Å². The Morgan fingerprint density at radius 1 is 1.16 bits per heavy atom. The van der Waals surface area contributed by atoms with Gasteiger partial charge >= 0.3 is 0 Å². The molecule has 0 aliphatic carbocycles. The first-order valence-corrected chi connectivity index (χ1v) is 9.36. The molecule has 1 saturated heterocycles. The van der Waals surface area contributed by atoms with Crippen LogP contribution in [0.15, 0.2) is 24.3 Å². The van der Waals surface area contributed by atoms with E-state index in [0.717, 1.165) is 31.2 Å². The van der Waals surface area contributed by atoms with Crippen LogP contribution in [0.3, 0.4) is 0 Å². The van der Waals surface area contributed by atoms with Gasteiger partial charge in [0.15, 0.2) is 0 Å². The van der Waals surface area contributed by atoms with Gasteiger partial charge in [0, 0.05) is 31.5 Å². The molecule has 1 heterocycles. The first-order chi connectivity index (χ1) is 12.0. The lowest BCUT2D eigenvalue weighted by molar-refractivity contribution is -0.139. The molecule has 2 amide bonds. The molecule has 4 nitrogen and oxygen atoms in total. The molecule has 1 N–H and O–H groups in total. The fourth-order valence-electron chi connectivity index (χ4n) is 3.38. The fraction of sp³-hybridized carbons (Fsp3) is 0.600. The molecule has 2 rings (SSSR count). The monoisotopic (exact) mass is 348 g/mol. The second-order valence-corrected chi connectivity index (χ2v) is 6.78. The maximum atomic E-state index is 12.9. The molecule has 5 heteroatoms. The minimum Gasteiger partial charge on any atom is -0.356 e. The van der Waals surface area contributed by atoms with E-state index in [2.05, 4.69) is 5.32 Å². The number of carbonyl (C=O) groups is 2. The Bertz CT molecular complexity index is 562. The van der Waals surface area contributed by atoms with Crippen molar-refractivity contribution in [1.82, 2.24) is 10.2 Å². The van der Waals surface area contributed by atoms with Gasteiger partial charge in [-0.3, -0.25) is 9.59 Å². The van der Waals surface area contributed by atoms with Crippen molar-refractivity contribution in [3.05, 3.63) is 35.6 Å². The van der Waals surface area contributed by atoms with E-state index in [1.165, 1.54) is 12.1 Å². The second kappa shape index (κ2) is 9.54. The molecular formula is C20H29FN2O2. The van der Waals surface area contributed by atoms with Crippen LogP contribution in [0.5, 0.6) is 0 Å². The van der Waals surface area contributed by atoms with E-state index < -0.39 is 0 Å². The zero-order valence-electron chi connectivity index (χ0n) is 15.3. The molecule has 1 fully saturated rings. The minimum absolute atomic E-state index is 0.0148. The molecule has 0 bridgehead atoms. The predicted molar refractivity (Wildman–Crippen MR) is 96.5 cm³/mol. The highest BCUT2D eigenvalue weighted by Gasteiger charge is 2.29. The Morgan fingerprint density at radius 3 is 2.32 bits per heavy atom. The molecule has 1 aromatic rings. The summed E-state index contributed by atoms with van der Waals surface area (Å²) < 4.78 is 12.9. The van der Waals surface area contributed by atoms with Crippen LogP contribution in [-0.2, 0) is 16.0 Å². The van der Waals surface area contributed by atoms with E-state index >= 15 is 0 Å². The number of likely N-dealkylation sites (tertiary alicyclic amines) is 1. The van der Waals surface area contributed by atoms with Crippen molar-refractivity contribution in [2.24, 2.45) is 11.8 Å². The molecule has 0 saturated carbocycles. The topological polar surface area (TPSA) is 49.4 Å². The first kappa shape index (κ1) is 19.4. The normalized spacial score (nSPS) is 15.4. The summed E-state index contributed by atoms with van der Waals surface area (Å²) >= 11 is 0. The van der Waals surface area contributed by atoms with Crippen molar-refractivity contribution in [3.8, 4) is 0 Å². The summed E-state index contributed by atoms with van der Waals surface area (Å²) in [6.07, 6.45) is 3.90. The van der Waals surface area contributed by atoms with Crippen LogP contribution in [0.25, 0.3) is 0 Å². The summed E-state index contributed by atoms with van der Waals surface area (Å²) in [7, 11) is 0. The predicted octanol–water partition coefficient (Wildman–Crippen LogP) is 3.16. The molecule has 25 heavy (non-hydrogen) atoms. The molecule has 1 aliphatic heterocycles. The summed E-state index contributed by atoms with van der Waals surface area (Å²) in [6.45, 7) is 5.99. The molecule has 1 aliphatic rings. The average molecular weight is 348 g/mol. The van der Waals surface area contributed by atoms with Crippen molar-refractivity contribution in [2.45, 2.75) is 46.0 Å². The highest BCUT2D eigenvalue weighted by atomic mass is 19.1. The van der Waals surface area contributed by atoms with Gasteiger partial charge in [-0.05, 0) is 49.8 Å². The minimum atomic E-state index is -0.248. The van der Waals surface area contributed by atoms with E-state index in [0.29, 0.717) is 26.1 Å². The maximum absolute atomic E-state index is 12.9. The maximum Gasteiger partial charge on any atom is 0.225 e.